The van der Waals surface area contributed by atoms with Crippen LogP contribution >= 0.6 is 0 Å². The van der Waals surface area contributed by atoms with Crippen molar-refractivity contribution in [1.29, 1.82) is 0 Å². The Morgan fingerprint density at radius 1 is 1.12 bits per heavy atom. The predicted molar refractivity (Wildman–Crippen MR) is 70.8 cm³/mol. The normalized spacial score (nSPS) is 17.4. The number of carbonyl (C=O) groups excluding carboxylic acids is 1. The Kier molecular flexibility index (Phi) is 6.20. The smallest absolute Gasteiger partial charge is 0.136 e. The van der Waals surface area contributed by atoms with Crippen molar-refractivity contribution in [3.8, 4) is 0 Å². The number of hydrogen-bond acceptors (Lipinski definition) is 2. The maximum absolute atomic E-state index is 11.5. The number of hydrogen-bond donors (Lipinski definition) is 1. The van der Waals surface area contributed by atoms with Gasteiger partial charge in [-0.1, -0.05) is 23.3 Å². The Labute approximate surface area is 104 Å². The Balaban J connectivity index is 2.15. The van der Waals surface area contributed by atoms with Crippen molar-refractivity contribution in [2.75, 3.05) is 6.61 Å². The average Bonchev–Trinajstić information content (AvgIpc) is 3.10. The van der Waals surface area contributed by atoms with Gasteiger partial charge in [0.2, 0.25) is 0 Å². The fraction of sp³-hybridized carbons (Fsp3) is 0.667. The van der Waals surface area contributed by atoms with Gasteiger partial charge in [0.1, 0.15) is 5.78 Å². The molecule has 0 saturated heterocycles. The second kappa shape index (κ2) is 7.44. The van der Waals surface area contributed by atoms with Gasteiger partial charge < -0.3 is 5.11 Å². The minimum Gasteiger partial charge on any atom is -0.392 e. The van der Waals surface area contributed by atoms with Crippen molar-refractivity contribution < 1.29 is 9.90 Å². The van der Waals surface area contributed by atoms with Crippen LogP contribution in [0, 0.1) is 5.92 Å². The maximum Gasteiger partial charge on any atom is 0.136 e. The molecule has 0 aromatic rings. The van der Waals surface area contributed by atoms with Crippen LogP contribution in [0.15, 0.2) is 23.3 Å². The van der Waals surface area contributed by atoms with Gasteiger partial charge in [0, 0.05) is 12.3 Å². The molecule has 1 saturated carbocycles. The van der Waals surface area contributed by atoms with E-state index in [4.69, 9.17) is 5.11 Å². The highest BCUT2D eigenvalue weighted by Gasteiger charge is 2.28. The van der Waals surface area contributed by atoms with Gasteiger partial charge in [-0.05, 0) is 46.0 Å². The second-order valence-corrected chi connectivity index (χ2v) is 5.06. The molecule has 0 spiro atoms. The molecule has 96 valence electrons. The summed E-state index contributed by atoms with van der Waals surface area (Å²) in [7, 11) is 0. The van der Waals surface area contributed by atoms with Crippen LogP contribution in [0.5, 0.6) is 0 Å². The van der Waals surface area contributed by atoms with E-state index in [2.05, 4.69) is 13.0 Å². The van der Waals surface area contributed by atoms with Crippen molar-refractivity contribution in [1.82, 2.24) is 0 Å². The number of ketones is 1. The van der Waals surface area contributed by atoms with Gasteiger partial charge in [-0.3, -0.25) is 4.79 Å². The molecule has 1 rings (SSSR count). The van der Waals surface area contributed by atoms with E-state index in [0.717, 1.165) is 38.5 Å². The zero-order chi connectivity index (χ0) is 12.7. The van der Waals surface area contributed by atoms with Crippen LogP contribution in [0.2, 0.25) is 0 Å². The van der Waals surface area contributed by atoms with E-state index in [0.29, 0.717) is 11.7 Å². The summed E-state index contributed by atoms with van der Waals surface area (Å²) >= 11 is 0. The van der Waals surface area contributed by atoms with Crippen molar-refractivity contribution in [2.45, 2.75) is 52.4 Å². The molecule has 1 N–H and O–H groups in total. The summed E-state index contributed by atoms with van der Waals surface area (Å²) in [5.41, 5.74) is 2.54. The summed E-state index contributed by atoms with van der Waals surface area (Å²) in [6, 6.07) is 0. The zero-order valence-electron chi connectivity index (χ0n) is 11.0. The quantitative estimate of drug-likeness (QED) is 0.656. The van der Waals surface area contributed by atoms with Crippen molar-refractivity contribution in [3.05, 3.63) is 23.3 Å². The predicted octanol–water partition coefficient (Wildman–Crippen LogP) is 3.41. The van der Waals surface area contributed by atoms with Gasteiger partial charge in [0.15, 0.2) is 0 Å². The third kappa shape index (κ3) is 6.42. The summed E-state index contributed by atoms with van der Waals surface area (Å²) in [6.07, 6.45) is 9.94. The molecular formula is C15H24O2. The Morgan fingerprint density at radius 3 is 2.35 bits per heavy atom. The molecular weight excluding hydrogens is 212 g/mol. The van der Waals surface area contributed by atoms with Gasteiger partial charge in [0.25, 0.3) is 0 Å². The lowest BCUT2D eigenvalue weighted by Crippen LogP contribution is -1.99. The summed E-state index contributed by atoms with van der Waals surface area (Å²) in [5, 5.41) is 8.72. The van der Waals surface area contributed by atoms with E-state index in [1.54, 1.807) is 0 Å². The highest BCUT2D eigenvalue weighted by atomic mass is 16.2. The van der Waals surface area contributed by atoms with Crippen LogP contribution in [-0.2, 0) is 4.79 Å². The van der Waals surface area contributed by atoms with Gasteiger partial charge in [0.05, 0.1) is 6.61 Å². The van der Waals surface area contributed by atoms with E-state index in [1.807, 2.05) is 13.0 Å². The van der Waals surface area contributed by atoms with Crippen molar-refractivity contribution in [3.63, 3.8) is 0 Å². The van der Waals surface area contributed by atoms with Gasteiger partial charge in [-0.15, -0.1) is 0 Å². The number of aliphatic hydroxyl groups is 1. The molecule has 0 heterocycles. The number of allylic oxidation sites excluding steroid dienone is 3. The summed E-state index contributed by atoms with van der Waals surface area (Å²) in [6.45, 7) is 4.27. The molecule has 0 aromatic carbocycles. The summed E-state index contributed by atoms with van der Waals surface area (Å²) < 4.78 is 0. The van der Waals surface area contributed by atoms with Crippen LogP contribution in [-0.4, -0.2) is 17.5 Å². The minimum atomic E-state index is 0.129. The van der Waals surface area contributed by atoms with Crippen LogP contribution < -0.4 is 0 Å². The summed E-state index contributed by atoms with van der Waals surface area (Å²) in [5.74, 6) is 0.853. The first-order valence-electron chi connectivity index (χ1n) is 6.58. The lowest BCUT2D eigenvalue weighted by atomic mass is 10.0. The van der Waals surface area contributed by atoms with Crippen LogP contribution in [0.1, 0.15) is 52.4 Å². The third-order valence-corrected chi connectivity index (χ3v) is 3.27. The Morgan fingerprint density at radius 2 is 1.76 bits per heavy atom. The van der Waals surface area contributed by atoms with E-state index in [1.165, 1.54) is 11.1 Å². The molecule has 1 aliphatic rings. The first-order valence-corrected chi connectivity index (χ1v) is 6.58. The maximum atomic E-state index is 11.5. The lowest BCUT2D eigenvalue weighted by Gasteiger charge is -2.01. The topological polar surface area (TPSA) is 37.3 Å². The number of rotatable bonds is 8. The van der Waals surface area contributed by atoms with Crippen LogP contribution in [0.3, 0.4) is 0 Å². The molecule has 17 heavy (non-hydrogen) atoms. The van der Waals surface area contributed by atoms with Gasteiger partial charge >= 0.3 is 0 Å². The number of aliphatic hydroxyl groups excluding tert-OH is 1. The van der Waals surface area contributed by atoms with E-state index < -0.39 is 0 Å². The van der Waals surface area contributed by atoms with Gasteiger partial charge in [-0.2, -0.15) is 0 Å². The molecule has 0 unspecified atom stereocenters. The molecule has 2 heteroatoms. The fourth-order valence-corrected chi connectivity index (χ4v) is 1.84. The third-order valence-electron chi connectivity index (χ3n) is 3.27. The van der Waals surface area contributed by atoms with Crippen molar-refractivity contribution in [2.24, 2.45) is 5.92 Å². The fourth-order valence-electron chi connectivity index (χ4n) is 1.84. The minimum absolute atomic E-state index is 0.129. The molecule has 0 radical (unpaired) electrons. The highest BCUT2D eigenvalue weighted by Crippen LogP contribution is 2.31. The number of carbonyl (C=O) groups is 1. The Hall–Kier alpha value is -0.890. The molecule has 0 atom stereocenters. The first-order chi connectivity index (χ1) is 8.13. The van der Waals surface area contributed by atoms with Gasteiger partial charge in [-0.25, -0.2) is 0 Å². The Bertz CT molecular complexity index is 309. The molecule has 0 aliphatic heterocycles. The standard InChI is InChI=1S/C15H24O2/c1-12(4-3-5-13(2)10-11-16)6-9-15(17)14-7-8-14/h4,10,14,16H,3,5-9,11H2,1-2H3. The largest absolute Gasteiger partial charge is 0.392 e. The molecule has 0 aromatic heterocycles. The second-order valence-electron chi connectivity index (χ2n) is 5.06. The average molecular weight is 236 g/mol. The van der Waals surface area contributed by atoms with Crippen LogP contribution in [0.4, 0.5) is 0 Å². The van der Waals surface area contributed by atoms with E-state index >= 15 is 0 Å². The van der Waals surface area contributed by atoms with E-state index in [-0.39, 0.29) is 6.61 Å². The monoisotopic (exact) mass is 236 g/mol. The van der Waals surface area contributed by atoms with E-state index in [9.17, 15) is 4.79 Å². The molecule has 1 aliphatic carbocycles. The number of Topliss-reactive ketones (excluding diaryl/α,β-unsaturated/α-hetero) is 1. The molecule has 0 amide bonds. The summed E-state index contributed by atoms with van der Waals surface area (Å²) in [4.78, 5) is 11.5. The lowest BCUT2D eigenvalue weighted by molar-refractivity contribution is -0.120. The van der Waals surface area contributed by atoms with Crippen molar-refractivity contribution >= 4 is 5.78 Å². The zero-order valence-corrected chi connectivity index (χ0v) is 11.0. The first kappa shape index (κ1) is 14.2. The SMILES string of the molecule is CC(=CCO)CCC=C(C)CCC(=O)C1CC1. The highest BCUT2D eigenvalue weighted by molar-refractivity contribution is 5.83. The molecule has 0 bridgehead atoms. The molecule has 2 nitrogen and oxygen atoms in total. The van der Waals surface area contributed by atoms with Crippen LogP contribution in [0.25, 0.3) is 0 Å². The molecule has 1 fully saturated rings.